The molecule has 0 radical (unpaired) electrons. The smallest absolute Gasteiger partial charge is 0.323 e. The van der Waals surface area contributed by atoms with E-state index in [2.05, 4.69) is 10.6 Å². The summed E-state index contributed by atoms with van der Waals surface area (Å²) < 4.78 is 37.2. The predicted molar refractivity (Wildman–Crippen MR) is 124 cm³/mol. The highest BCUT2D eigenvalue weighted by molar-refractivity contribution is 6.04. The molecule has 0 unspecified atom stereocenters. The van der Waals surface area contributed by atoms with E-state index in [1.807, 2.05) is 24.3 Å². The van der Waals surface area contributed by atoms with Gasteiger partial charge in [-0.1, -0.05) is 12.1 Å². The molecule has 0 saturated heterocycles. The van der Waals surface area contributed by atoms with Gasteiger partial charge in [0.25, 0.3) is 0 Å². The minimum absolute atomic E-state index is 0.157. The zero-order chi connectivity index (χ0) is 23.4. The number of nitrogens with zero attached hydrogens (tertiary/aromatic N) is 1. The van der Waals surface area contributed by atoms with Crippen LogP contribution in [-0.4, -0.2) is 32.5 Å². The van der Waals surface area contributed by atoms with Gasteiger partial charge in [0.05, 0.1) is 14.2 Å². The van der Waals surface area contributed by atoms with Gasteiger partial charge in [-0.2, -0.15) is 0 Å². The lowest BCUT2D eigenvalue weighted by Crippen LogP contribution is -2.19. The maximum absolute atomic E-state index is 13.3. The Kier molecular flexibility index (Phi) is 6.53. The van der Waals surface area contributed by atoms with Crippen molar-refractivity contribution in [3.63, 3.8) is 0 Å². The average molecular weight is 451 g/mol. The molecule has 3 aromatic rings. The van der Waals surface area contributed by atoms with E-state index in [1.165, 1.54) is 11.6 Å². The fraction of sp³-hybridized carbons (Fsp3) is 0.200. The Bertz CT molecular complexity index is 1210. The number of aliphatic imine (C=N–C) groups is 1. The average Bonchev–Trinajstić information content (AvgIpc) is 2.82. The van der Waals surface area contributed by atoms with Gasteiger partial charge in [0.1, 0.15) is 0 Å². The van der Waals surface area contributed by atoms with Crippen LogP contribution < -0.4 is 20.1 Å². The van der Waals surface area contributed by atoms with E-state index in [-0.39, 0.29) is 5.69 Å². The number of amides is 2. The standard InChI is InChI=1S/C25H23F2N3O3/c1-32-23-12-16-9-10-28-22(19(16)14-24(23)33-2)11-15-3-5-17(6-4-15)29-25(31)30-18-7-8-20(26)21(27)13-18/h3-8,12-14H,9-11H2,1-2H3,(H2,29,30,31). The Morgan fingerprint density at radius 3 is 2.27 bits per heavy atom. The molecule has 170 valence electrons. The van der Waals surface area contributed by atoms with Crippen molar-refractivity contribution < 1.29 is 23.0 Å². The first-order valence-electron chi connectivity index (χ1n) is 10.4. The normalized spacial score (nSPS) is 12.4. The molecule has 8 heteroatoms. The number of rotatable bonds is 6. The zero-order valence-corrected chi connectivity index (χ0v) is 18.2. The molecule has 1 aliphatic heterocycles. The lowest BCUT2D eigenvalue weighted by Gasteiger charge is -2.20. The molecule has 3 aromatic carbocycles. The lowest BCUT2D eigenvalue weighted by atomic mass is 9.93. The van der Waals surface area contributed by atoms with Crippen LogP contribution in [0.1, 0.15) is 16.7 Å². The van der Waals surface area contributed by atoms with Gasteiger partial charge < -0.3 is 20.1 Å². The number of anilines is 2. The quantitative estimate of drug-likeness (QED) is 0.540. The highest BCUT2D eigenvalue weighted by atomic mass is 19.2. The summed E-state index contributed by atoms with van der Waals surface area (Å²) in [5.41, 5.74) is 4.94. The Morgan fingerprint density at radius 2 is 1.58 bits per heavy atom. The van der Waals surface area contributed by atoms with Gasteiger partial charge in [-0.3, -0.25) is 4.99 Å². The van der Waals surface area contributed by atoms with E-state index in [4.69, 9.17) is 14.5 Å². The van der Waals surface area contributed by atoms with Crippen LogP contribution in [0.25, 0.3) is 0 Å². The Hall–Kier alpha value is -3.94. The number of benzene rings is 3. The van der Waals surface area contributed by atoms with E-state index in [0.29, 0.717) is 30.2 Å². The number of halogens is 2. The second kappa shape index (κ2) is 9.68. The number of fused-ring (bicyclic) bond motifs is 1. The molecule has 6 nitrogen and oxygen atoms in total. The first-order chi connectivity index (χ1) is 16.0. The monoisotopic (exact) mass is 451 g/mol. The number of methoxy groups -OCH3 is 2. The molecule has 0 bridgehead atoms. The van der Waals surface area contributed by atoms with Crippen LogP contribution in [0.3, 0.4) is 0 Å². The fourth-order valence-corrected chi connectivity index (χ4v) is 3.71. The maximum atomic E-state index is 13.3. The van der Waals surface area contributed by atoms with Gasteiger partial charge in [0.15, 0.2) is 23.1 Å². The Morgan fingerprint density at radius 1 is 0.909 bits per heavy atom. The topological polar surface area (TPSA) is 72.0 Å². The van der Waals surface area contributed by atoms with Crippen LogP contribution >= 0.6 is 0 Å². The van der Waals surface area contributed by atoms with Gasteiger partial charge >= 0.3 is 6.03 Å². The summed E-state index contributed by atoms with van der Waals surface area (Å²) in [6, 6.07) is 13.9. The summed E-state index contributed by atoms with van der Waals surface area (Å²) in [6.45, 7) is 0.710. The molecule has 0 atom stereocenters. The summed E-state index contributed by atoms with van der Waals surface area (Å²) in [7, 11) is 3.23. The van der Waals surface area contributed by atoms with Crippen molar-refractivity contribution in [3.05, 3.63) is 82.9 Å². The van der Waals surface area contributed by atoms with E-state index >= 15 is 0 Å². The molecule has 0 saturated carbocycles. The van der Waals surface area contributed by atoms with Crippen LogP contribution in [0.15, 0.2) is 59.6 Å². The lowest BCUT2D eigenvalue weighted by molar-refractivity contribution is 0.262. The van der Waals surface area contributed by atoms with Crippen LogP contribution in [0.5, 0.6) is 11.5 Å². The molecule has 0 spiro atoms. The molecule has 1 aliphatic rings. The molecule has 1 heterocycles. The number of hydrogen-bond donors (Lipinski definition) is 2. The molecule has 4 rings (SSSR count). The number of urea groups is 1. The molecular formula is C25H23F2N3O3. The van der Waals surface area contributed by atoms with Gasteiger partial charge in [-0.05, 0) is 53.9 Å². The summed E-state index contributed by atoms with van der Waals surface area (Å²) in [4.78, 5) is 16.9. The first kappa shape index (κ1) is 22.3. The van der Waals surface area contributed by atoms with Crippen molar-refractivity contribution in [1.29, 1.82) is 0 Å². The van der Waals surface area contributed by atoms with Crippen LogP contribution in [0, 0.1) is 11.6 Å². The largest absolute Gasteiger partial charge is 0.493 e. The first-order valence-corrected chi connectivity index (χ1v) is 10.4. The Labute approximate surface area is 190 Å². The third-order valence-corrected chi connectivity index (χ3v) is 5.36. The molecular weight excluding hydrogens is 428 g/mol. The zero-order valence-electron chi connectivity index (χ0n) is 18.2. The second-order valence-electron chi connectivity index (χ2n) is 7.52. The number of carbonyl (C=O) groups is 1. The van der Waals surface area contributed by atoms with Gasteiger partial charge in [0, 0.05) is 41.7 Å². The molecule has 2 N–H and O–H groups in total. The molecule has 2 amide bonds. The van der Waals surface area contributed by atoms with Crippen molar-refractivity contribution in [1.82, 2.24) is 0 Å². The number of hydrogen-bond acceptors (Lipinski definition) is 4. The predicted octanol–water partition coefficient (Wildman–Crippen LogP) is 5.21. The van der Waals surface area contributed by atoms with Crippen molar-refractivity contribution in [2.24, 2.45) is 4.99 Å². The third kappa shape index (κ3) is 5.11. The number of nitrogens with one attached hydrogen (secondary N) is 2. The molecule has 33 heavy (non-hydrogen) atoms. The minimum atomic E-state index is -1.03. The highest BCUT2D eigenvalue weighted by Crippen LogP contribution is 2.33. The van der Waals surface area contributed by atoms with Crippen molar-refractivity contribution in [3.8, 4) is 11.5 Å². The van der Waals surface area contributed by atoms with Crippen LogP contribution in [0.4, 0.5) is 25.0 Å². The summed E-state index contributed by atoms with van der Waals surface area (Å²) in [6.07, 6.45) is 1.47. The van der Waals surface area contributed by atoms with E-state index in [0.717, 1.165) is 35.4 Å². The van der Waals surface area contributed by atoms with Crippen molar-refractivity contribution in [2.75, 3.05) is 31.4 Å². The van der Waals surface area contributed by atoms with Crippen LogP contribution in [-0.2, 0) is 12.8 Å². The summed E-state index contributed by atoms with van der Waals surface area (Å²) in [5.74, 6) is -0.633. The highest BCUT2D eigenvalue weighted by Gasteiger charge is 2.19. The number of ether oxygens (including phenoxy) is 2. The molecule has 0 aromatic heterocycles. The molecule has 0 fully saturated rings. The van der Waals surface area contributed by atoms with E-state index in [9.17, 15) is 13.6 Å². The van der Waals surface area contributed by atoms with Gasteiger partial charge in [-0.15, -0.1) is 0 Å². The minimum Gasteiger partial charge on any atom is -0.493 e. The Balaban J connectivity index is 1.42. The van der Waals surface area contributed by atoms with Crippen molar-refractivity contribution in [2.45, 2.75) is 12.8 Å². The van der Waals surface area contributed by atoms with E-state index < -0.39 is 17.7 Å². The maximum Gasteiger partial charge on any atom is 0.323 e. The fourth-order valence-electron chi connectivity index (χ4n) is 3.71. The van der Waals surface area contributed by atoms with Gasteiger partial charge in [-0.25, -0.2) is 13.6 Å². The molecule has 0 aliphatic carbocycles. The third-order valence-electron chi connectivity index (χ3n) is 5.36. The van der Waals surface area contributed by atoms with Crippen molar-refractivity contribution >= 4 is 23.1 Å². The van der Waals surface area contributed by atoms with Crippen LogP contribution in [0.2, 0.25) is 0 Å². The van der Waals surface area contributed by atoms with Gasteiger partial charge in [0.2, 0.25) is 0 Å². The SMILES string of the molecule is COc1cc2c(cc1OC)C(Cc1ccc(NC(=O)Nc3ccc(F)c(F)c3)cc1)=NCC2. The second-order valence-corrected chi connectivity index (χ2v) is 7.52. The number of carbonyl (C=O) groups excluding carboxylic acids is 1. The van der Waals surface area contributed by atoms with E-state index in [1.54, 1.807) is 26.4 Å². The summed E-state index contributed by atoms with van der Waals surface area (Å²) in [5, 5.41) is 5.14. The summed E-state index contributed by atoms with van der Waals surface area (Å²) >= 11 is 0.